The van der Waals surface area contributed by atoms with E-state index in [9.17, 15) is 9.59 Å². The van der Waals surface area contributed by atoms with Gasteiger partial charge in [0.2, 0.25) is 0 Å². The van der Waals surface area contributed by atoms with Crippen molar-refractivity contribution in [3.05, 3.63) is 29.8 Å². The van der Waals surface area contributed by atoms with Gasteiger partial charge in [-0.25, -0.2) is 9.59 Å². The van der Waals surface area contributed by atoms with E-state index >= 15 is 0 Å². The molecule has 0 aliphatic carbocycles. The first kappa shape index (κ1) is 19.8. The van der Waals surface area contributed by atoms with E-state index in [1.54, 1.807) is 20.8 Å². The van der Waals surface area contributed by atoms with Gasteiger partial charge in [-0.1, -0.05) is 25.1 Å². The molecule has 0 atom stereocenters. The molecule has 6 nitrogen and oxygen atoms in total. The van der Waals surface area contributed by atoms with Crippen molar-refractivity contribution in [2.45, 2.75) is 46.1 Å². The predicted octanol–water partition coefficient (Wildman–Crippen LogP) is 3.09. The van der Waals surface area contributed by atoms with Gasteiger partial charge in [-0.3, -0.25) is 0 Å². The molecule has 0 unspecified atom stereocenters. The summed E-state index contributed by atoms with van der Waals surface area (Å²) in [6.45, 7) is 7.88. The summed E-state index contributed by atoms with van der Waals surface area (Å²) in [6, 6.07) is 7.59. The topological polar surface area (TPSA) is 73.9 Å². The number of nitrogens with one attached hydrogen (secondary N) is 1. The van der Waals surface area contributed by atoms with Crippen molar-refractivity contribution < 1.29 is 23.8 Å². The summed E-state index contributed by atoms with van der Waals surface area (Å²) in [5.74, 6) is 0.265. The van der Waals surface area contributed by atoms with Crippen molar-refractivity contribution in [2.24, 2.45) is 0 Å². The summed E-state index contributed by atoms with van der Waals surface area (Å²) in [5, 5.41) is 2.60. The average molecular weight is 337 g/mol. The Bertz CT molecular complexity index is 536. The Morgan fingerprint density at radius 3 is 2.54 bits per heavy atom. The number of benzene rings is 1. The van der Waals surface area contributed by atoms with Crippen LogP contribution in [0.1, 0.15) is 39.7 Å². The molecule has 1 aromatic carbocycles. The number of esters is 1. The van der Waals surface area contributed by atoms with E-state index in [0.29, 0.717) is 18.7 Å². The lowest BCUT2D eigenvalue weighted by Crippen LogP contribution is -2.33. The zero-order valence-electron chi connectivity index (χ0n) is 14.9. The smallest absolute Gasteiger partial charge is 0.407 e. The lowest BCUT2D eigenvalue weighted by atomic mass is 10.1. The van der Waals surface area contributed by atoms with Crippen LogP contribution in [0.2, 0.25) is 0 Å². The minimum absolute atomic E-state index is 0.128. The number of hydrogen-bond acceptors (Lipinski definition) is 5. The molecule has 0 radical (unpaired) electrons. The molecule has 1 amide bonds. The maximum atomic E-state index is 11.6. The van der Waals surface area contributed by atoms with Crippen molar-refractivity contribution in [3.63, 3.8) is 0 Å². The standard InChI is InChI=1S/C18H27NO5/c1-5-14-9-6-7-10-15(14)23-13-16(20)22-12-8-11-19-17(21)24-18(2,3)4/h6-7,9-10H,5,8,11-13H2,1-4H3,(H,19,21). The van der Waals surface area contributed by atoms with Crippen LogP contribution in [0.4, 0.5) is 4.79 Å². The fraction of sp³-hybridized carbons (Fsp3) is 0.556. The van der Waals surface area contributed by atoms with Crippen LogP contribution in [-0.4, -0.2) is 37.4 Å². The molecule has 0 spiro atoms. The lowest BCUT2D eigenvalue weighted by Gasteiger charge is -2.19. The highest BCUT2D eigenvalue weighted by Crippen LogP contribution is 2.18. The first-order chi connectivity index (χ1) is 11.3. The van der Waals surface area contributed by atoms with Gasteiger partial charge in [0, 0.05) is 6.54 Å². The molecule has 1 rings (SSSR count). The summed E-state index contributed by atoms with van der Waals surface area (Å²) in [5.41, 5.74) is 0.523. The van der Waals surface area contributed by atoms with Gasteiger partial charge in [-0.15, -0.1) is 0 Å². The normalized spacial score (nSPS) is 10.8. The molecule has 1 aromatic rings. The van der Waals surface area contributed by atoms with Gasteiger partial charge in [-0.05, 0) is 45.2 Å². The van der Waals surface area contributed by atoms with Crippen LogP contribution in [0.5, 0.6) is 5.75 Å². The van der Waals surface area contributed by atoms with E-state index in [-0.39, 0.29) is 13.2 Å². The molecule has 0 heterocycles. The van der Waals surface area contributed by atoms with Crippen molar-refractivity contribution in [1.82, 2.24) is 5.32 Å². The molecular formula is C18H27NO5. The fourth-order valence-corrected chi connectivity index (χ4v) is 1.88. The number of amides is 1. The quantitative estimate of drug-likeness (QED) is 0.583. The minimum atomic E-state index is -0.525. The largest absolute Gasteiger partial charge is 0.482 e. The molecule has 0 aliphatic rings. The van der Waals surface area contributed by atoms with Gasteiger partial charge in [0.05, 0.1) is 6.61 Å². The highest BCUT2D eigenvalue weighted by atomic mass is 16.6. The van der Waals surface area contributed by atoms with Gasteiger partial charge >= 0.3 is 12.1 Å². The Morgan fingerprint density at radius 2 is 1.88 bits per heavy atom. The molecule has 0 saturated carbocycles. The van der Waals surface area contributed by atoms with E-state index in [0.717, 1.165) is 12.0 Å². The Hall–Kier alpha value is -2.24. The Kier molecular flexibility index (Phi) is 8.09. The summed E-state index contributed by atoms with van der Waals surface area (Å²) in [7, 11) is 0. The second kappa shape index (κ2) is 9.80. The number of aryl methyl sites for hydroxylation is 1. The molecule has 0 aliphatic heterocycles. The SMILES string of the molecule is CCc1ccccc1OCC(=O)OCCCNC(=O)OC(C)(C)C. The number of hydrogen-bond donors (Lipinski definition) is 1. The number of carbonyl (C=O) groups excluding carboxylic acids is 2. The maximum Gasteiger partial charge on any atom is 0.407 e. The number of alkyl carbamates (subject to hydrolysis) is 1. The number of rotatable bonds is 8. The maximum absolute atomic E-state index is 11.6. The van der Waals surface area contributed by atoms with E-state index in [1.807, 2.05) is 31.2 Å². The highest BCUT2D eigenvalue weighted by molar-refractivity contribution is 5.71. The van der Waals surface area contributed by atoms with E-state index in [4.69, 9.17) is 14.2 Å². The lowest BCUT2D eigenvalue weighted by molar-refractivity contribution is -0.146. The van der Waals surface area contributed by atoms with Gasteiger partial charge in [0.25, 0.3) is 0 Å². The predicted molar refractivity (Wildman–Crippen MR) is 91.1 cm³/mol. The number of carbonyl (C=O) groups is 2. The van der Waals surface area contributed by atoms with Gasteiger partial charge < -0.3 is 19.5 Å². The third-order valence-corrected chi connectivity index (χ3v) is 2.95. The van der Waals surface area contributed by atoms with E-state index in [2.05, 4.69) is 5.32 Å². The van der Waals surface area contributed by atoms with Gasteiger partial charge in [0.15, 0.2) is 6.61 Å². The first-order valence-electron chi connectivity index (χ1n) is 8.15. The molecule has 0 aromatic heterocycles. The summed E-state index contributed by atoms with van der Waals surface area (Å²) >= 11 is 0. The Morgan fingerprint density at radius 1 is 1.17 bits per heavy atom. The van der Waals surface area contributed by atoms with Crippen molar-refractivity contribution in [3.8, 4) is 5.75 Å². The molecule has 24 heavy (non-hydrogen) atoms. The van der Waals surface area contributed by atoms with Crippen molar-refractivity contribution in [1.29, 1.82) is 0 Å². The zero-order chi connectivity index (χ0) is 18.0. The van der Waals surface area contributed by atoms with Crippen LogP contribution in [0, 0.1) is 0 Å². The first-order valence-corrected chi connectivity index (χ1v) is 8.15. The van der Waals surface area contributed by atoms with Gasteiger partial charge in [0.1, 0.15) is 11.4 Å². The average Bonchev–Trinajstić information content (AvgIpc) is 2.51. The van der Waals surface area contributed by atoms with Crippen molar-refractivity contribution in [2.75, 3.05) is 19.8 Å². The molecular weight excluding hydrogens is 310 g/mol. The summed E-state index contributed by atoms with van der Waals surface area (Å²) in [4.78, 5) is 23.1. The number of ether oxygens (including phenoxy) is 3. The van der Waals surface area contributed by atoms with Crippen LogP contribution in [0.25, 0.3) is 0 Å². The van der Waals surface area contributed by atoms with Crippen LogP contribution in [-0.2, 0) is 20.7 Å². The molecule has 6 heteroatoms. The molecule has 1 N–H and O–H groups in total. The summed E-state index contributed by atoms with van der Waals surface area (Å²) in [6.07, 6.45) is 0.867. The molecule has 0 saturated heterocycles. The molecule has 0 bridgehead atoms. The van der Waals surface area contributed by atoms with E-state index in [1.165, 1.54) is 0 Å². The molecule has 0 fully saturated rings. The Labute approximate surface area is 143 Å². The van der Waals surface area contributed by atoms with Crippen LogP contribution < -0.4 is 10.1 Å². The second-order valence-corrected chi connectivity index (χ2v) is 6.25. The summed E-state index contributed by atoms with van der Waals surface area (Å²) < 4.78 is 15.6. The third kappa shape index (κ3) is 8.41. The number of para-hydroxylation sites is 1. The highest BCUT2D eigenvalue weighted by Gasteiger charge is 2.15. The van der Waals surface area contributed by atoms with E-state index < -0.39 is 17.7 Å². The van der Waals surface area contributed by atoms with Gasteiger partial charge in [-0.2, -0.15) is 0 Å². The monoisotopic (exact) mass is 337 g/mol. The van der Waals surface area contributed by atoms with Crippen LogP contribution in [0.3, 0.4) is 0 Å². The fourth-order valence-electron chi connectivity index (χ4n) is 1.88. The van der Waals surface area contributed by atoms with Crippen molar-refractivity contribution >= 4 is 12.1 Å². The Balaban J connectivity index is 2.15. The minimum Gasteiger partial charge on any atom is -0.482 e. The third-order valence-electron chi connectivity index (χ3n) is 2.95. The second-order valence-electron chi connectivity index (χ2n) is 6.25. The molecule has 134 valence electrons. The zero-order valence-corrected chi connectivity index (χ0v) is 14.9. The van der Waals surface area contributed by atoms with Crippen LogP contribution in [0.15, 0.2) is 24.3 Å². The van der Waals surface area contributed by atoms with Crippen LogP contribution >= 0.6 is 0 Å².